The van der Waals surface area contributed by atoms with Crippen molar-refractivity contribution >= 4 is 11.8 Å². The van der Waals surface area contributed by atoms with Crippen molar-refractivity contribution in [3.05, 3.63) is 53.3 Å². The molecule has 2 aliphatic rings. The Balaban J connectivity index is 1.93. The lowest BCUT2D eigenvalue weighted by Crippen LogP contribution is -2.10. The van der Waals surface area contributed by atoms with Gasteiger partial charge in [0.25, 0.3) is 0 Å². The summed E-state index contributed by atoms with van der Waals surface area (Å²) in [5.41, 5.74) is 3.57. The highest BCUT2D eigenvalue weighted by molar-refractivity contribution is 5.80. The lowest BCUT2D eigenvalue weighted by molar-refractivity contribution is 0.144. The average molecular weight is 306 g/mol. The first kappa shape index (κ1) is 15.2. The highest BCUT2D eigenvalue weighted by Crippen LogP contribution is 2.46. The van der Waals surface area contributed by atoms with E-state index in [1.54, 1.807) is 12.4 Å². The van der Waals surface area contributed by atoms with E-state index in [2.05, 4.69) is 35.1 Å². The van der Waals surface area contributed by atoms with Crippen LogP contribution in [0.4, 0.5) is 0 Å². The summed E-state index contributed by atoms with van der Waals surface area (Å²) < 4.78 is 5.92. The molecule has 2 unspecified atom stereocenters. The minimum absolute atomic E-state index is 0.0195. The number of nitriles is 1. The van der Waals surface area contributed by atoms with E-state index in [0.717, 1.165) is 29.6 Å². The van der Waals surface area contributed by atoms with Crippen LogP contribution in [-0.4, -0.2) is 22.3 Å². The van der Waals surface area contributed by atoms with Crippen molar-refractivity contribution in [2.75, 3.05) is 0 Å². The first-order valence-electron chi connectivity index (χ1n) is 7.73. The molecule has 1 aliphatic heterocycles. The maximum atomic E-state index is 9.54. The van der Waals surface area contributed by atoms with Crippen molar-refractivity contribution in [1.29, 1.82) is 10.7 Å². The Morgan fingerprint density at radius 2 is 2.22 bits per heavy atom. The predicted molar refractivity (Wildman–Crippen MR) is 87.4 cm³/mol. The van der Waals surface area contributed by atoms with Crippen LogP contribution in [0.15, 0.2) is 47.8 Å². The summed E-state index contributed by atoms with van der Waals surface area (Å²) in [6, 6.07) is 2.30. The topological polar surface area (TPSA) is 82.6 Å². The Labute approximate surface area is 135 Å². The molecule has 0 spiro atoms. The third kappa shape index (κ3) is 2.80. The fourth-order valence-electron chi connectivity index (χ4n) is 3.26. The predicted octanol–water partition coefficient (Wildman–Crippen LogP) is 3.43. The molecule has 1 saturated carbocycles. The molecule has 0 saturated heterocycles. The summed E-state index contributed by atoms with van der Waals surface area (Å²) in [7, 11) is 0. The second-order valence-electron chi connectivity index (χ2n) is 5.66. The number of hydrogen-bond acceptors (Lipinski definition) is 5. The maximum Gasteiger partial charge on any atom is 0.140 e. The van der Waals surface area contributed by atoms with Crippen LogP contribution in [0.2, 0.25) is 0 Å². The van der Waals surface area contributed by atoms with Crippen molar-refractivity contribution < 1.29 is 4.74 Å². The lowest BCUT2D eigenvalue weighted by atomic mass is 9.94. The Bertz CT molecular complexity index is 740. The Morgan fingerprint density at radius 1 is 1.43 bits per heavy atom. The molecule has 116 valence electrons. The number of allylic oxidation sites excluding steroid dienone is 4. The van der Waals surface area contributed by atoms with Gasteiger partial charge < -0.3 is 10.1 Å². The molecule has 1 aromatic heterocycles. The van der Waals surface area contributed by atoms with E-state index < -0.39 is 0 Å². The fourth-order valence-corrected chi connectivity index (χ4v) is 3.26. The highest BCUT2D eigenvalue weighted by Gasteiger charge is 2.41. The van der Waals surface area contributed by atoms with E-state index >= 15 is 0 Å². The van der Waals surface area contributed by atoms with Crippen LogP contribution < -0.4 is 0 Å². The largest absolute Gasteiger partial charge is 0.488 e. The smallest absolute Gasteiger partial charge is 0.140 e. The normalized spacial score (nSPS) is 25.2. The second-order valence-corrected chi connectivity index (χ2v) is 5.66. The van der Waals surface area contributed by atoms with E-state index in [0.29, 0.717) is 17.8 Å². The van der Waals surface area contributed by atoms with Gasteiger partial charge in [-0.25, -0.2) is 9.97 Å². The van der Waals surface area contributed by atoms with Crippen LogP contribution in [0.1, 0.15) is 31.7 Å². The third-order valence-corrected chi connectivity index (χ3v) is 4.30. The number of nitrogens with zero attached hydrogens (tertiary/aromatic N) is 3. The van der Waals surface area contributed by atoms with Crippen LogP contribution in [-0.2, 0) is 4.74 Å². The summed E-state index contributed by atoms with van der Waals surface area (Å²) in [6.45, 7) is 2.08. The van der Waals surface area contributed by atoms with Gasteiger partial charge in [-0.1, -0.05) is 19.1 Å². The van der Waals surface area contributed by atoms with E-state index in [1.807, 2.05) is 0 Å². The summed E-state index contributed by atoms with van der Waals surface area (Å²) in [4.78, 5) is 8.00. The number of hydrogen-bond donors (Lipinski definition) is 1. The molecular weight excluding hydrogens is 288 g/mol. The summed E-state index contributed by atoms with van der Waals surface area (Å²) in [6.07, 6.45) is 12.7. The van der Waals surface area contributed by atoms with Gasteiger partial charge in [-0.2, -0.15) is 5.26 Å². The van der Waals surface area contributed by atoms with Gasteiger partial charge in [0.2, 0.25) is 0 Å². The van der Waals surface area contributed by atoms with Gasteiger partial charge in [0.05, 0.1) is 17.9 Å². The number of rotatable bonds is 4. The molecule has 5 nitrogen and oxygen atoms in total. The van der Waals surface area contributed by atoms with E-state index in [4.69, 9.17) is 10.1 Å². The molecule has 0 amide bonds. The zero-order valence-electron chi connectivity index (χ0n) is 13.0. The third-order valence-electron chi connectivity index (χ3n) is 4.30. The first-order valence-corrected chi connectivity index (χ1v) is 7.73. The molecule has 0 aromatic carbocycles. The van der Waals surface area contributed by atoms with Crippen LogP contribution >= 0.6 is 0 Å². The van der Waals surface area contributed by atoms with Crippen molar-refractivity contribution in [3.63, 3.8) is 0 Å². The first-order chi connectivity index (χ1) is 11.3. The van der Waals surface area contributed by atoms with Gasteiger partial charge in [-0.15, -0.1) is 0 Å². The summed E-state index contributed by atoms with van der Waals surface area (Å²) in [5, 5.41) is 17.1. The van der Waals surface area contributed by atoms with Crippen molar-refractivity contribution in [2.24, 2.45) is 5.92 Å². The average Bonchev–Trinajstić information content (AvgIpc) is 3.12. The van der Waals surface area contributed by atoms with Gasteiger partial charge in [0.15, 0.2) is 0 Å². The van der Waals surface area contributed by atoms with Gasteiger partial charge in [0.1, 0.15) is 18.2 Å². The zero-order valence-corrected chi connectivity index (χ0v) is 13.0. The van der Waals surface area contributed by atoms with Gasteiger partial charge >= 0.3 is 0 Å². The van der Waals surface area contributed by atoms with Crippen LogP contribution in [0.25, 0.3) is 5.57 Å². The number of ether oxygens (including phenoxy) is 1. The fraction of sp³-hybridized carbons (Fsp3) is 0.333. The monoisotopic (exact) mass is 306 g/mol. The summed E-state index contributed by atoms with van der Waals surface area (Å²) >= 11 is 0. The minimum atomic E-state index is 0.0195. The molecule has 2 atom stereocenters. The lowest BCUT2D eigenvalue weighted by Gasteiger charge is -2.08. The zero-order chi connectivity index (χ0) is 16.2. The van der Waals surface area contributed by atoms with Gasteiger partial charge in [-0.3, -0.25) is 0 Å². The van der Waals surface area contributed by atoms with E-state index in [1.165, 1.54) is 12.5 Å². The molecule has 0 bridgehead atoms. The summed E-state index contributed by atoms with van der Waals surface area (Å²) in [5.74, 6) is 0.877. The number of aromatic nitrogens is 2. The van der Waals surface area contributed by atoms with Crippen molar-refractivity contribution in [2.45, 2.75) is 32.3 Å². The Kier molecular flexibility index (Phi) is 4.33. The standard InChI is InChI=1S/C18H18N4O/c1-2-3-4-14-15-5-12(6-17(15)23-18(14)8-20)16(7-19)13-9-21-11-22-10-13/h3-4,8-11,15,17,20H,2,5-6H2,1H3/b4-3-,16-12-,20-8?. The van der Waals surface area contributed by atoms with Crippen LogP contribution in [0, 0.1) is 22.7 Å². The Morgan fingerprint density at radius 3 is 2.87 bits per heavy atom. The van der Waals surface area contributed by atoms with Gasteiger partial charge in [0, 0.05) is 35.9 Å². The highest BCUT2D eigenvalue weighted by atomic mass is 16.5. The molecular formula is C18H18N4O. The second kappa shape index (κ2) is 6.57. The van der Waals surface area contributed by atoms with Crippen LogP contribution in [0.5, 0.6) is 0 Å². The SMILES string of the molecule is CC/C=C\C1=C(C=N)OC2C/C(=C(/C#N)c3cncnc3)CC12. The number of fused-ring (bicyclic) bond motifs is 1. The van der Waals surface area contributed by atoms with Crippen LogP contribution in [0.3, 0.4) is 0 Å². The molecule has 23 heavy (non-hydrogen) atoms. The van der Waals surface area contributed by atoms with E-state index in [-0.39, 0.29) is 12.0 Å². The molecule has 1 fully saturated rings. The molecule has 1 N–H and O–H groups in total. The van der Waals surface area contributed by atoms with Crippen molar-refractivity contribution in [3.8, 4) is 6.07 Å². The maximum absolute atomic E-state index is 9.54. The van der Waals surface area contributed by atoms with E-state index in [9.17, 15) is 5.26 Å². The minimum Gasteiger partial charge on any atom is -0.488 e. The van der Waals surface area contributed by atoms with Gasteiger partial charge in [-0.05, 0) is 18.4 Å². The molecule has 5 heteroatoms. The number of nitrogens with one attached hydrogen (secondary N) is 1. The molecule has 3 rings (SSSR count). The molecule has 2 heterocycles. The van der Waals surface area contributed by atoms with Crippen molar-refractivity contribution in [1.82, 2.24) is 9.97 Å². The molecule has 1 aliphatic carbocycles. The Hall–Kier alpha value is -2.74. The quantitative estimate of drug-likeness (QED) is 0.682. The molecule has 0 radical (unpaired) electrons. The molecule has 1 aromatic rings.